The number of nitrogens with zero attached hydrogens (tertiary/aromatic N) is 1. The SMILES string of the molecule is CCC(CC)N(CCO)CC1(C=O)CCC(C)CC1. The van der Waals surface area contributed by atoms with Crippen LogP contribution in [0.15, 0.2) is 0 Å². The first-order chi connectivity index (χ1) is 9.10. The van der Waals surface area contributed by atoms with Crippen LogP contribution in [0.2, 0.25) is 0 Å². The van der Waals surface area contributed by atoms with Gasteiger partial charge >= 0.3 is 0 Å². The Morgan fingerprint density at radius 1 is 1.32 bits per heavy atom. The number of carbonyl (C=O) groups is 1. The van der Waals surface area contributed by atoms with Gasteiger partial charge in [0.25, 0.3) is 0 Å². The summed E-state index contributed by atoms with van der Waals surface area (Å²) in [6.45, 7) is 8.36. The Labute approximate surface area is 118 Å². The molecule has 1 rings (SSSR count). The van der Waals surface area contributed by atoms with E-state index in [1.807, 2.05) is 0 Å². The third-order valence-electron chi connectivity index (χ3n) is 4.88. The van der Waals surface area contributed by atoms with Crippen molar-refractivity contribution in [3.63, 3.8) is 0 Å². The normalized spacial score (nSPS) is 28.0. The zero-order chi connectivity index (χ0) is 14.3. The fraction of sp³-hybridized carbons (Fsp3) is 0.938. The minimum Gasteiger partial charge on any atom is -0.395 e. The smallest absolute Gasteiger partial charge is 0.127 e. The second kappa shape index (κ2) is 8.01. The third kappa shape index (κ3) is 4.57. The molecule has 1 saturated carbocycles. The van der Waals surface area contributed by atoms with E-state index in [1.54, 1.807) is 0 Å². The van der Waals surface area contributed by atoms with Gasteiger partial charge in [-0.1, -0.05) is 20.8 Å². The Kier molecular flexibility index (Phi) is 7.01. The molecule has 0 radical (unpaired) electrons. The maximum atomic E-state index is 11.6. The maximum Gasteiger partial charge on any atom is 0.127 e. The van der Waals surface area contributed by atoms with Gasteiger partial charge in [0.1, 0.15) is 6.29 Å². The Morgan fingerprint density at radius 2 is 1.89 bits per heavy atom. The number of rotatable bonds is 8. The van der Waals surface area contributed by atoms with E-state index in [4.69, 9.17) is 0 Å². The van der Waals surface area contributed by atoms with E-state index in [-0.39, 0.29) is 12.0 Å². The highest BCUT2D eigenvalue weighted by atomic mass is 16.3. The summed E-state index contributed by atoms with van der Waals surface area (Å²) in [5.41, 5.74) is -0.162. The fourth-order valence-corrected chi connectivity index (χ4v) is 3.38. The lowest BCUT2D eigenvalue weighted by Crippen LogP contribution is -2.46. The Hall–Kier alpha value is -0.410. The summed E-state index contributed by atoms with van der Waals surface area (Å²) in [4.78, 5) is 14.0. The molecule has 0 bridgehead atoms. The molecule has 0 atom stereocenters. The molecule has 3 heteroatoms. The molecule has 0 aromatic heterocycles. The maximum absolute atomic E-state index is 11.6. The topological polar surface area (TPSA) is 40.5 Å². The molecule has 0 unspecified atom stereocenters. The Bertz CT molecular complexity index is 255. The summed E-state index contributed by atoms with van der Waals surface area (Å²) < 4.78 is 0. The molecule has 0 saturated heterocycles. The first kappa shape index (κ1) is 16.6. The van der Waals surface area contributed by atoms with Crippen LogP contribution in [0.5, 0.6) is 0 Å². The lowest BCUT2D eigenvalue weighted by molar-refractivity contribution is -0.120. The fourth-order valence-electron chi connectivity index (χ4n) is 3.38. The van der Waals surface area contributed by atoms with E-state index in [1.165, 1.54) is 6.29 Å². The van der Waals surface area contributed by atoms with Gasteiger partial charge in [-0.15, -0.1) is 0 Å². The van der Waals surface area contributed by atoms with E-state index in [9.17, 15) is 9.90 Å². The number of hydrogen-bond acceptors (Lipinski definition) is 3. The molecule has 0 heterocycles. The minimum absolute atomic E-state index is 0.162. The van der Waals surface area contributed by atoms with E-state index in [2.05, 4.69) is 25.7 Å². The van der Waals surface area contributed by atoms with Crippen LogP contribution in [0.4, 0.5) is 0 Å². The number of hydrogen-bond donors (Lipinski definition) is 1. The molecule has 0 aromatic rings. The first-order valence-electron chi connectivity index (χ1n) is 7.92. The van der Waals surface area contributed by atoms with Gasteiger partial charge < -0.3 is 9.90 Å². The Balaban J connectivity index is 2.71. The van der Waals surface area contributed by atoms with Gasteiger partial charge in [-0.3, -0.25) is 4.90 Å². The standard InChI is InChI=1S/C16H31NO2/c1-4-15(5-2)17(10-11-18)12-16(13-19)8-6-14(3)7-9-16/h13-15,18H,4-12H2,1-3H3. The van der Waals surface area contributed by atoms with Crippen LogP contribution in [0.25, 0.3) is 0 Å². The van der Waals surface area contributed by atoms with Crippen LogP contribution < -0.4 is 0 Å². The van der Waals surface area contributed by atoms with Gasteiger partial charge in [-0.2, -0.15) is 0 Å². The molecular weight excluding hydrogens is 238 g/mol. The van der Waals surface area contributed by atoms with Gasteiger partial charge in [0.05, 0.1) is 6.61 Å². The lowest BCUT2D eigenvalue weighted by Gasteiger charge is -2.41. The average molecular weight is 269 g/mol. The average Bonchev–Trinajstić information content (AvgIpc) is 2.43. The van der Waals surface area contributed by atoms with Gasteiger partial charge in [-0.25, -0.2) is 0 Å². The van der Waals surface area contributed by atoms with Crippen LogP contribution in [-0.2, 0) is 4.79 Å². The van der Waals surface area contributed by atoms with Crippen molar-refractivity contribution in [1.29, 1.82) is 0 Å². The van der Waals surface area contributed by atoms with Gasteiger partial charge in [0.15, 0.2) is 0 Å². The van der Waals surface area contributed by atoms with E-state index >= 15 is 0 Å². The van der Waals surface area contributed by atoms with Crippen molar-refractivity contribution >= 4 is 6.29 Å². The van der Waals surface area contributed by atoms with Crippen LogP contribution in [-0.4, -0.2) is 42.0 Å². The van der Waals surface area contributed by atoms with Crippen molar-refractivity contribution in [2.75, 3.05) is 19.7 Å². The summed E-state index contributed by atoms with van der Waals surface area (Å²) in [6, 6.07) is 0.489. The second-order valence-electron chi connectivity index (χ2n) is 6.33. The molecule has 1 fully saturated rings. The molecular formula is C16H31NO2. The van der Waals surface area contributed by atoms with Crippen LogP contribution >= 0.6 is 0 Å². The first-order valence-corrected chi connectivity index (χ1v) is 7.92. The molecule has 19 heavy (non-hydrogen) atoms. The van der Waals surface area contributed by atoms with Gasteiger partial charge in [-0.05, 0) is 44.4 Å². The van der Waals surface area contributed by atoms with Crippen LogP contribution in [0.3, 0.4) is 0 Å². The molecule has 0 aromatic carbocycles. The van der Waals surface area contributed by atoms with Crippen molar-refractivity contribution < 1.29 is 9.90 Å². The molecule has 3 nitrogen and oxygen atoms in total. The molecule has 0 spiro atoms. The number of carbonyl (C=O) groups excluding carboxylic acids is 1. The highest BCUT2D eigenvalue weighted by Gasteiger charge is 2.36. The predicted octanol–water partition coefficient (Wildman–Crippen LogP) is 2.86. The largest absolute Gasteiger partial charge is 0.395 e. The van der Waals surface area contributed by atoms with Crippen LogP contribution in [0, 0.1) is 11.3 Å². The summed E-state index contributed by atoms with van der Waals surface area (Å²) in [6.07, 6.45) is 7.72. The summed E-state index contributed by atoms with van der Waals surface area (Å²) >= 11 is 0. The quantitative estimate of drug-likeness (QED) is 0.689. The molecule has 1 aliphatic carbocycles. The molecule has 1 aliphatic rings. The zero-order valence-corrected chi connectivity index (χ0v) is 12.9. The summed E-state index contributed by atoms with van der Waals surface area (Å²) in [7, 11) is 0. The zero-order valence-electron chi connectivity index (χ0n) is 12.9. The highest BCUT2D eigenvalue weighted by Crippen LogP contribution is 2.38. The van der Waals surface area contributed by atoms with Crippen molar-refractivity contribution in [3.05, 3.63) is 0 Å². The number of aldehydes is 1. The monoisotopic (exact) mass is 269 g/mol. The Morgan fingerprint density at radius 3 is 2.32 bits per heavy atom. The van der Waals surface area contributed by atoms with Crippen molar-refractivity contribution in [2.45, 2.75) is 65.3 Å². The van der Waals surface area contributed by atoms with Crippen molar-refractivity contribution in [3.8, 4) is 0 Å². The molecule has 0 amide bonds. The second-order valence-corrected chi connectivity index (χ2v) is 6.33. The van der Waals surface area contributed by atoms with E-state index < -0.39 is 0 Å². The minimum atomic E-state index is -0.162. The van der Waals surface area contributed by atoms with Gasteiger partial charge in [0, 0.05) is 24.5 Å². The summed E-state index contributed by atoms with van der Waals surface area (Å²) in [5, 5.41) is 9.27. The molecule has 1 N–H and O–H groups in total. The third-order valence-corrected chi connectivity index (χ3v) is 4.88. The van der Waals surface area contributed by atoms with Crippen molar-refractivity contribution in [1.82, 2.24) is 4.90 Å². The van der Waals surface area contributed by atoms with E-state index in [0.717, 1.165) is 51.0 Å². The van der Waals surface area contributed by atoms with Crippen molar-refractivity contribution in [2.24, 2.45) is 11.3 Å². The van der Waals surface area contributed by atoms with E-state index in [0.29, 0.717) is 12.6 Å². The number of aliphatic hydroxyl groups excluding tert-OH is 1. The summed E-state index contributed by atoms with van der Waals surface area (Å²) in [5.74, 6) is 0.757. The predicted molar refractivity (Wildman–Crippen MR) is 79.2 cm³/mol. The number of aliphatic hydroxyl groups is 1. The lowest BCUT2D eigenvalue weighted by atomic mass is 9.71. The van der Waals surface area contributed by atoms with Gasteiger partial charge in [0.2, 0.25) is 0 Å². The molecule has 0 aliphatic heterocycles. The highest BCUT2D eigenvalue weighted by molar-refractivity contribution is 5.60. The van der Waals surface area contributed by atoms with Crippen LogP contribution in [0.1, 0.15) is 59.3 Å². The molecule has 112 valence electrons.